The highest BCUT2D eigenvalue weighted by atomic mass is 35.5. The highest BCUT2D eigenvalue weighted by Crippen LogP contribution is 2.35. The van der Waals surface area contributed by atoms with Crippen molar-refractivity contribution < 1.29 is 0 Å². The van der Waals surface area contributed by atoms with Crippen LogP contribution in [-0.2, 0) is 13.1 Å². The summed E-state index contributed by atoms with van der Waals surface area (Å²) in [5, 5.41) is 4.94. The van der Waals surface area contributed by atoms with Crippen molar-refractivity contribution >= 4 is 45.2 Å². The summed E-state index contributed by atoms with van der Waals surface area (Å²) in [6.45, 7) is 1.61. The van der Waals surface area contributed by atoms with E-state index >= 15 is 0 Å². The van der Waals surface area contributed by atoms with Gasteiger partial charge in [0.2, 0.25) is 0 Å². The summed E-state index contributed by atoms with van der Waals surface area (Å²) in [7, 11) is 0. The van der Waals surface area contributed by atoms with Crippen LogP contribution in [0, 0.1) is 0 Å². The monoisotopic (exact) mass is 299 g/mol. The molecule has 2 heterocycles. The Balaban J connectivity index is 1.76. The van der Waals surface area contributed by atoms with Gasteiger partial charge in [0.25, 0.3) is 0 Å². The van der Waals surface area contributed by atoms with Crippen LogP contribution in [0.15, 0.2) is 24.3 Å². The summed E-state index contributed by atoms with van der Waals surface area (Å²) in [6, 6.07) is 8.09. The van der Waals surface area contributed by atoms with Gasteiger partial charge in [-0.1, -0.05) is 35.3 Å². The largest absolute Gasteiger partial charge is 0.373 e. The quantitative estimate of drug-likeness (QED) is 0.799. The van der Waals surface area contributed by atoms with Gasteiger partial charge in [-0.15, -0.1) is 11.3 Å². The molecule has 2 aromatic rings. The maximum absolute atomic E-state index is 5.93. The molecule has 0 spiro atoms. The van der Waals surface area contributed by atoms with Crippen LogP contribution >= 0.6 is 34.5 Å². The Kier molecular flexibility index (Phi) is 3.35. The molecular weight excluding hydrogens is 289 g/mol. The summed E-state index contributed by atoms with van der Waals surface area (Å²) in [5.41, 5.74) is 9.98. The Morgan fingerprint density at radius 3 is 3.00 bits per heavy atom. The molecule has 3 N–H and O–H groups in total. The third-order valence-corrected chi connectivity index (χ3v) is 4.68. The Morgan fingerprint density at radius 1 is 1.33 bits per heavy atom. The average molecular weight is 300 g/mol. The number of benzene rings is 1. The first kappa shape index (κ1) is 12.1. The minimum atomic E-state index is 0.603. The van der Waals surface area contributed by atoms with Crippen LogP contribution in [0.1, 0.15) is 11.1 Å². The van der Waals surface area contributed by atoms with Crippen molar-refractivity contribution in [3.05, 3.63) is 44.8 Å². The topological polar surface area (TPSA) is 36.1 Å². The molecule has 3 nitrogen and oxygen atoms in total. The molecule has 0 radical (unpaired) electrons. The fourth-order valence-electron chi connectivity index (χ4n) is 1.97. The number of fused-ring (bicyclic) bond motifs is 1. The first-order valence-corrected chi connectivity index (χ1v) is 7.09. The predicted molar refractivity (Wildman–Crippen MR) is 78.6 cm³/mol. The van der Waals surface area contributed by atoms with Gasteiger partial charge < -0.3 is 10.7 Å². The lowest BCUT2D eigenvalue weighted by Gasteiger charge is -2.08. The number of halogens is 2. The Bertz CT molecular complexity index is 563. The summed E-state index contributed by atoms with van der Waals surface area (Å²) in [4.78, 5) is 0. The van der Waals surface area contributed by atoms with Gasteiger partial charge >= 0.3 is 0 Å². The number of hydrogen-bond donors (Lipinski definition) is 3. The van der Waals surface area contributed by atoms with E-state index in [4.69, 9.17) is 23.2 Å². The molecule has 0 atom stereocenters. The van der Waals surface area contributed by atoms with Crippen LogP contribution in [0.4, 0.5) is 10.7 Å². The maximum Gasteiger partial charge on any atom is 0.114 e. The summed E-state index contributed by atoms with van der Waals surface area (Å²) < 4.78 is 0.626. The van der Waals surface area contributed by atoms with E-state index in [1.54, 1.807) is 0 Å². The molecule has 0 bridgehead atoms. The van der Waals surface area contributed by atoms with Gasteiger partial charge in [-0.25, -0.2) is 5.43 Å². The standard InChI is InChI=1S/C12H11Cl2N3S/c13-9-4-11(18-12(9)14)15-5-7-2-1-3-10-8(7)6-16-17-10/h1-4,15-17H,5-6H2. The lowest BCUT2D eigenvalue weighted by atomic mass is 10.1. The second-order valence-corrected chi connectivity index (χ2v) is 6.07. The highest BCUT2D eigenvalue weighted by Gasteiger charge is 2.13. The van der Waals surface area contributed by atoms with E-state index in [-0.39, 0.29) is 0 Å². The molecule has 0 fully saturated rings. The number of nitrogens with one attached hydrogen (secondary N) is 3. The fraction of sp³-hybridized carbons (Fsp3) is 0.167. The average Bonchev–Trinajstić information content (AvgIpc) is 2.94. The van der Waals surface area contributed by atoms with Crippen LogP contribution in [0.5, 0.6) is 0 Å². The molecule has 6 heteroatoms. The van der Waals surface area contributed by atoms with Gasteiger partial charge in [0.1, 0.15) is 4.34 Å². The molecule has 0 unspecified atom stereocenters. The number of anilines is 2. The second-order valence-electron chi connectivity index (χ2n) is 4.01. The molecule has 0 aliphatic carbocycles. The Labute approximate surface area is 119 Å². The number of hydrogen-bond acceptors (Lipinski definition) is 4. The van der Waals surface area contributed by atoms with Crippen molar-refractivity contribution in [2.45, 2.75) is 13.1 Å². The van der Waals surface area contributed by atoms with Crippen molar-refractivity contribution in [3.63, 3.8) is 0 Å². The minimum Gasteiger partial charge on any atom is -0.373 e. The van der Waals surface area contributed by atoms with Crippen molar-refractivity contribution in [1.29, 1.82) is 0 Å². The van der Waals surface area contributed by atoms with Gasteiger partial charge in [-0.3, -0.25) is 0 Å². The van der Waals surface area contributed by atoms with Gasteiger partial charge in [-0.05, 0) is 23.3 Å². The first-order valence-electron chi connectivity index (χ1n) is 5.52. The third kappa shape index (κ3) is 2.29. The van der Waals surface area contributed by atoms with Crippen LogP contribution in [0.3, 0.4) is 0 Å². The zero-order chi connectivity index (χ0) is 12.5. The molecule has 1 aromatic heterocycles. The molecular formula is C12H11Cl2N3S. The van der Waals surface area contributed by atoms with Crippen molar-refractivity contribution in [1.82, 2.24) is 5.43 Å². The van der Waals surface area contributed by atoms with Crippen molar-refractivity contribution in [3.8, 4) is 0 Å². The summed E-state index contributed by atoms with van der Waals surface area (Å²) >= 11 is 13.3. The lowest BCUT2D eigenvalue weighted by molar-refractivity contribution is 0.851. The smallest absolute Gasteiger partial charge is 0.114 e. The third-order valence-electron chi connectivity index (χ3n) is 2.86. The van der Waals surface area contributed by atoms with Crippen LogP contribution in [-0.4, -0.2) is 0 Å². The van der Waals surface area contributed by atoms with Crippen molar-refractivity contribution in [2.24, 2.45) is 0 Å². The fourth-order valence-corrected chi connectivity index (χ4v) is 3.23. The van der Waals surface area contributed by atoms with Gasteiger partial charge in [0, 0.05) is 13.1 Å². The van der Waals surface area contributed by atoms with E-state index in [1.807, 2.05) is 12.1 Å². The van der Waals surface area contributed by atoms with E-state index in [0.29, 0.717) is 9.36 Å². The van der Waals surface area contributed by atoms with E-state index in [1.165, 1.54) is 22.5 Å². The molecule has 94 valence electrons. The molecule has 1 aliphatic rings. The molecule has 0 saturated heterocycles. The zero-order valence-electron chi connectivity index (χ0n) is 9.39. The molecule has 3 rings (SSSR count). The first-order chi connectivity index (χ1) is 8.74. The maximum atomic E-state index is 5.93. The van der Waals surface area contributed by atoms with Gasteiger partial charge in [0.15, 0.2) is 0 Å². The zero-order valence-corrected chi connectivity index (χ0v) is 11.7. The van der Waals surface area contributed by atoms with Gasteiger partial charge in [0.05, 0.1) is 15.7 Å². The number of hydrazine groups is 1. The normalized spacial score (nSPS) is 13.2. The molecule has 0 amide bonds. The van der Waals surface area contributed by atoms with Crippen LogP contribution in [0.2, 0.25) is 9.36 Å². The summed E-state index contributed by atoms with van der Waals surface area (Å²) in [5.74, 6) is 0. The summed E-state index contributed by atoms with van der Waals surface area (Å²) in [6.07, 6.45) is 0. The predicted octanol–water partition coefficient (Wildman–Crippen LogP) is 4.10. The van der Waals surface area contributed by atoms with Crippen LogP contribution in [0.25, 0.3) is 0 Å². The molecule has 1 aromatic carbocycles. The van der Waals surface area contributed by atoms with Crippen LogP contribution < -0.4 is 16.2 Å². The lowest BCUT2D eigenvalue weighted by Crippen LogP contribution is -2.11. The second kappa shape index (κ2) is 4.97. The molecule has 18 heavy (non-hydrogen) atoms. The van der Waals surface area contributed by atoms with E-state index in [9.17, 15) is 0 Å². The number of rotatable bonds is 3. The Hall–Kier alpha value is -0.940. The number of thiophene rings is 1. The van der Waals surface area contributed by atoms with E-state index < -0.39 is 0 Å². The highest BCUT2D eigenvalue weighted by molar-refractivity contribution is 7.20. The Morgan fingerprint density at radius 2 is 2.22 bits per heavy atom. The van der Waals surface area contributed by atoms with E-state index in [2.05, 4.69) is 28.3 Å². The van der Waals surface area contributed by atoms with E-state index in [0.717, 1.165) is 23.8 Å². The van der Waals surface area contributed by atoms with Crippen molar-refractivity contribution in [2.75, 3.05) is 10.7 Å². The molecule has 1 aliphatic heterocycles. The SMILES string of the molecule is Clc1cc(NCc2cccc3c2CNN3)sc1Cl. The van der Waals surface area contributed by atoms with Gasteiger partial charge in [-0.2, -0.15) is 0 Å². The molecule has 0 saturated carbocycles. The minimum absolute atomic E-state index is 0.603.